The lowest BCUT2D eigenvalue weighted by molar-refractivity contribution is -0.0519. The van der Waals surface area contributed by atoms with Crippen LogP contribution >= 0.6 is 0 Å². The average molecular weight is 192 g/mol. The van der Waals surface area contributed by atoms with Crippen molar-refractivity contribution >= 4 is 0 Å². The van der Waals surface area contributed by atoms with Crippen LogP contribution in [-0.2, 0) is 4.74 Å². The van der Waals surface area contributed by atoms with Gasteiger partial charge in [0.15, 0.2) is 0 Å². The number of aliphatic hydroxyl groups excluding tert-OH is 3. The van der Waals surface area contributed by atoms with Gasteiger partial charge in [0.25, 0.3) is 0 Å². The van der Waals surface area contributed by atoms with Gasteiger partial charge in [0, 0.05) is 7.11 Å². The molecule has 13 heavy (non-hydrogen) atoms. The second-order valence-corrected chi connectivity index (χ2v) is 3.09. The Kier molecular flexibility index (Phi) is 3.60. The van der Waals surface area contributed by atoms with E-state index in [1.165, 1.54) is 7.11 Å². The number of aliphatic hydroxyl groups is 3. The predicted molar refractivity (Wildman–Crippen MR) is 44.8 cm³/mol. The largest absolute Gasteiger partial charge is 0.389 e. The molecule has 6 heteroatoms. The molecule has 1 aliphatic rings. The van der Waals surface area contributed by atoms with Gasteiger partial charge in [0.1, 0.15) is 24.4 Å². The maximum atomic E-state index is 9.47. The van der Waals surface area contributed by atoms with E-state index in [2.05, 4.69) is 10.9 Å². The van der Waals surface area contributed by atoms with E-state index in [9.17, 15) is 15.3 Å². The van der Waals surface area contributed by atoms with E-state index in [0.29, 0.717) is 0 Å². The lowest BCUT2D eigenvalue weighted by atomic mass is 10.2. The fourth-order valence-electron chi connectivity index (χ4n) is 1.64. The van der Waals surface area contributed by atoms with E-state index in [1.807, 2.05) is 0 Å². The minimum Gasteiger partial charge on any atom is -0.389 e. The third kappa shape index (κ3) is 1.83. The Morgan fingerprint density at radius 2 is 1.69 bits per heavy atom. The van der Waals surface area contributed by atoms with Crippen LogP contribution in [0.1, 0.15) is 0 Å². The van der Waals surface area contributed by atoms with Crippen molar-refractivity contribution in [2.75, 3.05) is 14.2 Å². The summed E-state index contributed by atoms with van der Waals surface area (Å²) < 4.78 is 4.96. The molecule has 0 heterocycles. The summed E-state index contributed by atoms with van der Waals surface area (Å²) in [5.41, 5.74) is 5.34. The molecule has 0 aliphatic heterocycles. The van der Waals surface area contributed by atoms with Crippen LogP contribution < -0.4 is 10.9 Å². The molecule has 5 atom stereocenters. The number of methoxy groups -OCH3 is 1. The van der Waals surface area contributed by atoms with Crippen LogP contribution in [0.25, 0.3) is 0 Å². The molecule has 1 saturated carbocycles. The van der Waals surface area contributed by atoms with Crippen molar-refractivity contribution < 1.29 is 20.1 Å². The van der Waals surface area contributed by atoms with Gasteiger partial charge in [-0.1, -0.05) is 0 Å². The van der Waals surface area contributed by atoms with Crippen molar-refractivity contribution in [2.45, 2.75) is 30.5 Å². The molecule has 0 aromatic rings. The molecule has 0 unspecified atom stereocenters. The van der Waals surface area contributed by atoms with Crippen molar-refractivity contribution in [2.24, 2.45) is 0 Å². The molecule has 5 N–H and O–H groups in total. The average Bonchev–Trinajstić information content (AvgIpc) is 2.32. The fourth-order valence-corrected chi connectivity index (χ4v) is 1.64. The van der Waals surface area contributed by atoms with E-state index >= 15 is 0 Å². The fraction of sp³-hybridized carbons (Fsp3) is 1.00. The quantitative estimate of drug-likeness (QED) is 0.310. The first kappa shape index (κ1) is 10.8. The van der Waals surface area contributed by atoms with Crippen LogP contribution in [-0.4, -0.2) is 59.9 Å². The van der Waals surface area contributed by atoms with E-state index < -0.39 is 30.5 Å². The smallest absolute Gasteiger partial charge is 0.110 e. The summed E-state index contributed by atoms with van der Waals surface area (Å²) in [6, 6.07) is -0.514. The summed E-state index contributed by atoms with van der Waals surface area (Å²) in [4.78, 5) is 0. The summed E-state index contributed by atoms with van der Waals surface area (Å²) in [5, 5.41) is 28.2. The molecule has 1 rings (SSSR count). The first-order chi connectivity index (χ1) is 6.13. The first-order valence-electron chi connectivity index (χ1n) is 4.12. The summed E-state index contributed by atoms with van der Waals surface area (Å²) in [7, 11) is 3.06. The minimum absolute atomic E-state index is 0.514. The maximum Gasteiger partial charge on any atom is 0.110 e. The van der Waals surface area contributed by atoms with Crippen molar-refractivity contribution in [3.63, 3.8) is 0 Å². The van der Waals surface area contributed by atoms with Crippen molar-refractivity contribution in [3.8, 4) is 0 Å². The molecule has 1 aliphatic carbocycles. The lowest BCUT2D eigenvalue weighted by Crippen LogP contribution is -2.50. The normalized spacial score (nSPS) is 45.5. The predicted octanol–water partition coefficient (Wildman–Crippen LogP) is -2.81. The number of hydrogen-bond acceptors (Lipinski definition) is 6. The highest BCUT2D eigenvalue weighted by Crippen LogP contribution is 2.23. The third-order valence-corrected chi connectivity index (χ3v) is 2.34. The molecule has 0 aromatic heterocycles. The zero-order valence-electron chi connectivity index (χ0n) is 7.64. The van der Waals surface area contributed by atoms with Gasteiger partial charge in [0.05, 0.1) is 6.04 Å². The molecule has 0 saturated heterocycles. The Labute approximate surface area is 76.5 Å². The SMILES string of the molecule is CNN[C@H]1[C@@H](O)[C@@H](O)[C@@H](O)[C@@H]1OC. The molecule has 6 nitrogen and oxygen atoms in total. The number of ether oxygens (including phenoxy) is 1. The number of hydrogen-bond donors (Lipinski definition) is 5. The molecule has 0 amide bonds. The Morgan fingerprint density at radius 1 is 1.08 bits per heavy atom. The van der Waals surface area contributed by atoms with Crippen molar-refractivity contribution in [1.29, 1.82) is 0 Å². The maximum absolute atomic E-state index is 9.47. The molecule has 0 bridgehead atoms. The van der Waals surface area contributed by atoms with Crippen LogP contribution in [0.15, 0.2) is 0 Å². The zero-order valence-corrected chi connectivity index (χ0v) is 7.64. The number of hydrazine groups is 1. The van der Waals surface area contributed by atoms with Crippen LogP contribution in [0.2, 0.25) is 0 Å². The van der Waals surface area contributed by atoms with Gasteiger partial charge in [-0.25, -0.2) is 5.43 Å². The molecular formula is C7H16N2O4. The van der Waals surface area contributed by atoms with E-state index in [-0.39, 0.29) is 0 Å². The monoisotopic (exact) mass is 192 g/mol. The highest BCUT2D eigenvalue weighted by Gasteiger charge is 2.49. The van der Waals surface area contributed by atoms with Crippen molar-refractivity contribution in [3.05, 3.63) is 0 Å². The summed E-state index contributed by atoms with van der Waals surface area (Å²) in [5.74, 6) is 0. The van der Waals surface area contributed by atoms with Crippen LogP contribution in [0.3, 0.4) is 0 Å². The van der Waals surface area contributed by atoms with E-state index in [1.54, 1.807) is 7.05 Å². The summed E-state index contributed by atoms with van der Waals surface area (Å²) >= 11 is 0. The lowest BCUT2D eigenvalue weighted by Gasteiger charge is -2.21. The van der Waals surface area contributed by atoms with Gasteiger partial charge < -0.3 is 20.1 Å². The van der Waals surface area contributed by atoms with Crippen LogP contribution in [0, 0.1) is 0 Å². The number of rotatable bonds is 3. The highest BCUT2D eigenvalue weighted by molar-refractivity contribution is 5.02. The van der Waals surface area contributed by atoms with E-state index in [0.717, 1.165) is 0 Å². The Morgan fingerprint density at radius 3 is 2.15 bits per heavy atom. The van der Waals surface area contributed by atoms with Gasteiger partial charge >= 0.3 is 0 Å². The van der Waals surface area contributed by atoms with Gasteiger partial charge in [0.2, 0.25) is 0 Å². The molecule has 0 spiro atoms. The summed E-state index contributed by atoms with van der Waals surface area (Å²) in [6.45, 7) is 0. The molecular weight excluding hydrogens is 176 g/mol. The highest BCUT2D eigenvalue weighted by atomic mass is 16.5. The Bertz CT molecular complexity index is 169. The van der Waals surface area contributed by atoms with Crippen LogP contribution in [0.4, 0.5) is 0 Å². The Hall–Kier alpha value is -0.240. The second kappa shape index (κ2) is 4.32. The van der Waals surface area contributed by atoms with E-state index in [4.69, 9.17) is 4.74 Å². The molecule has 78 valence electrons. The second-order valence-electron chi connectivity index (χ2n) is 3.09. The molecule has 1 fully saturated rings. The topological polar surface area (TPSA) is 94.0 Å². The van der Waals surface area contributed by atoms with Crippen LogP contribution in [0.5, 0.6) is 0 Å². The molecule has 0 radical (unpaired) electrons. The standard InChI is InChI=1S/C7H16N2O4/c1-8-9-3-4(10)5(11)6(12)7(3)13-2/h3-12H,1-2H3/t3-,4+,5+,6+,7+/m0/s1. The van der Waals surface area contributed by atoms with Gasteiger partial charge in [-0.3, -0.25) is 5.43 Å². The summed E-state index contributed by atoms with van der Waals surface area (Å²) in [6.07, 6.45) is -3.88. The van der Waals surface area contributed by atoms with Gasteiger partial charge in [-0.15, -0.1) is 0 Å². The van der Waals surface area contributed by atoms with Gasteiger partial charge in [-0.05, 0) is 7.05 Å². The number of nitrogens with one attached hydrogen (secondary N) is 2. The van der Waals surface area contributed by atoms with Crippen molar-refractivity contribution in [1.82, 2.24) is 10.9 Å². The first-order valence-corrected chi connectivity index (χ1v) is 4.12. The third-order valence-electron chi connectivity index (χ3n) is 2.34. The minimum atomic E-state index is -1.17. The molecule has 0 aromatic carbocycles. The van der Waals surface area contributed by atoms with Gasteiger partial charge in [-0.2, -0.15) is 0 Å². The Balaban J connectivity index is 2.68. The zero-order chi connectivity index (χ0) is 10.0.